The maximum atomic E-state index is 10.7. The first kappa shape index (κ1) is 8.92. The van der Waals surface area contributed by atoms with E-state index in [4.69, 9.17) is 11.0 Å². The maximum absolute atomic E-state index is 10.7. The largest absolute Gasteiger partial charge is 0.352 e. The summed E-state index contributed by atoms with van der Waals surface area (Å²) in [4.78, 5) is 10.7. The van der Waals surface area contributed by atoms with Gasteiger partial charge in [-0.25, -0.2) is 0 Å². The van der Waals surface area contributed by atoms with Gasteiger partial charge in [-0.1, -0.05) is 0 Å². The molecule has 56 valence electrons. The van der Waals surface area contributed by atoms with E-state index in [1.807, 2.05) is 13.8 Å². The molecule has 1 atom stereocenters. The Morgan fingerprint density at radius 3 is 2.50 bits per heavy atom. The molecule has 4 heteroatoms. The molecule has 0 aliphatic carbocycles. The van der Waals surface area contributed by atoms with Crippen LogP contribution in [0.5, 0.6) is 0 Å². The summed E-state index contributed by atoms with van der Waals surface area (Å²) in [7, 11) is 0. The Kier molecular flexibility index (Phi) is 3.44. The topological polar surface area (TPSA) is 78.9 Å². The summed E-state index contributed by atoms with van der Waals surface area (Å²) in [5.41, 5.74) is 5.09. The minimum Gasteiger partial charge on any atom is -0.352 e. The number of rotatable bonds is 2. The highest BCUT2D eigenvalue weighted by molar-refractivity contribution is 5.84. The third-order valence-electron chi connectivity index (χ3n) is 0.852. The van der Waals surface area contributed by atoms with Crippen molar-refractivity contribution >= 4 is 5.91 Å². The fourth-order valence-corrected chi connectivity index (χ4v) is 0.433. The first-order valence-electron chi connectivity index (χ1n) is 3.03. The van der Waals surface area contributed by atoms with Gasteiger partial charge in [0.2, 0.25) is 0 Å². The van der Waals surface area contributed by atoms with Gasteiger partial charge in [-0.3, -0.25) is 4.79 Å². The molecule has 0 saturated carbocycles. The van der Waals surface area contributed by atoms with E-state index in [0.717, 1.165) is 0 Å². The predicted molar refractivity (Wildman–Crippen MR) is 36.9 cm³/mol. The first-order valence-corrected chi connectivity index (χ1v) is 3.03. The maximum Gasteiger partial charge on any atom is 0.251 e. The van der Waals surface area contributed by atoms with Crippen molar-refractivity contribution in [1.82, 2.24) is 5.32 Å². The summed E-state index contributed by atoms with van der Waals surface area (Å²) in [6.45, 7) is 3.62. The molecule has 0 rings (SSSR count). The minimum atomic E-state index is -1.04. The Bertz CT molecular complexity index is 159. The van der Waals surface area contributed by atoms with E-state index < -0.39 is 11.9 Å². The van der Waals surface area contributed by atoms with Crippen molar-refractivity contribution in [3.05, 3.63) is 0 Å². The van der Waals surface area contributed by atoms with E-state index in [1.54, 1.807) is 6.07 Å². The van der Waals surface area contributed by atoms with Gasteiger partial charge in [0.1, 0.15) is 0 Å². The van der Waals surface area contributed by atoms with Crippen molar-refractivity contribution in [2.24, 2.45) is 5.73 Å². The van der Waals surface area contributed by atoms with Crippen LogP contribution in [0.25, 0.3) is 0 Å². The van der Waals surface area contributed by atoms with E-state index in [1.165, 1.54) is 0 Å². The molecule has 0 aromatic carbocycles. The first-order chi connectivity index (χ1) is 4.57. The molecule has 0 aromatic heterocycles. The number of carbonyl (C=O) groups is 1. The second kappa shape index (κ2) is 3.85. The lowest BCUT2D eigenvalue weighted by Crippen LogP contribution is -2.42. The average molecular weight is 141 g/mol. The van der Waals surface area contributed by atoms with Crippen LogP contribution in [0.2, 0.25) is 0 Å². The van der Waals surface area contributed by atoms with Crippen LogP contribution in [-0.2, 0) is 4.79 Å². The Hall–Kier alpha value is -1.08. The third kappa shape index (κ3) is 3.05. The molecule has 0 radical (unpaired) electrons. The van der Waals surface area contributed by atoms with Crippen molar-refractivity contribution in [1.29, 1.82) is 5.26 Å². The fourth-order valence-electron chi connectivity index (χ4n) is 0.433. The van der Waals surface area contributed by atoms with Crippen LogP contribution in [0, 0.1) is 11.3 Å². The van der Waals surface area contributed by atoms with Crippen molar-refractivity contribution in [3.8, 4) is 6.07 Å². The van der Waals surface area contributed by atoms with Crippen LogP contribution in [0.4, 0.5) is 0 Å². The molecule has 3 N–H and O–H groups in total. The Balaban J connectivity index is 3.76. The van der Waals surface area contributed by atoms with E-state index in [0.29, 0.717) is 0 Å². The summed E-state index contributed by atoms with van der Waals surface area (Å²) >= 11 is 0. The molecular formula is C6H11N3O. The smallest absolute Gasteiger partial charge is 0.251 e. The quantitative estimate of drug-likeness (QED) is 0.537. The van der Waals surface area contributed by atoms with Crippen LogP contribution in [0.3, 0.4) is 0 Å². The summed E-state index contributed by atoms with van der Waals surface area (Å²) in [5.74, 6) is -0.419. The summed E-state index contributed by atoms with van der Waals surface area (Å²) in [5, 5.41) is 10.7. The van der Waals surface area contributed by atoms with Gasteiger partial charge in [-0.05, 0) is 13.8 Å². The zero-order valence-electron chi connectivity index (χ0n) is 6.09. The number of amides is 1. The number of nitrogens with zero attached hydrogens (tertiary/aromatic N) is 1. The molecular weight excluding hydrogens is 130 g/mol. The normalized spacial score (nSPS) is 12.3. The van der Waals surface area contributed by atoms with Crippen LogP contribution in [-0.4, -0.2) is 18.0 Å². The summed E-state index contributed by atoms with van der Waals surface area (Å²) in [6, 6.07) is 0.631. The SMILES string of the molecule is CC(C)NC(=O)[C@@H](N)C#N. The molecule has 1 amide bonds. The van der Waals surface area contributed by atoms with Crippen LogP contribution < -0.4 is 11.1 Å². The van der Waals surface area contributed by atoms with Gasteiger partial charge in [0.15, 0.2) is 6.04 Å². The second-order valence-corrected chi connectivity index (χ2v) is 2.27. The van der Waals surface area contributed by atoms with Gasteiger partial charge in [0, 0.05) is 6.04 Å². The number of nitrogens with one attached hydrogen (secondary N) is 1. The molecule has 0 fully saturated rings. The molecule has 0 aromatic rings. The molecule has 0 spiro atoms. The van der Waals surface area contributed by atoms with Crippen LogP contribution >= 0.6 is 0 Å². The fraction of sp³-hybridized carbons (Fsp3) is 0.667. The Labute approximate surface area is 60.0 Å². The van der Waals surface area contributed by atoms with Crippen molar-refractivity contribution in [2.45, 2.75) is 25.9 Å². The molecule has 4 nitrogen and oxygen atoms in total. The van der Waals surface area contributed by atoms with Gasteiger partial charge in [0.25, 0.3) is 5.91 Å². The van der Waals surface area contributed by atoms with E-state index >= 15 is 0 Å². The summed E-state index contributed by atoms with van der Waals surface area (Å²) in [6.07, 6.45) is 0. The van der Waals surface area contributed by atoms with Gasteiger partial charge < -0.3 is 11.1 Å². The number of nitrogens with two attached hydrogens (primary N) is 1. The van der Waals surface area contributed by atoms with E-state index in [2.05, 4.69) is 5.32 Å². The number of nitriles is 1. The summed E-state index contributed by atoms with van der Waals surface area (Å²) < 4.78 is 0. The van der Waals surface area contributed by atoms with Gasteiger partial charge >= 0.3 is 0 Å². The number of carbonyl (C=O) groups excluding carboxylic acids is 1. The van der Waals surface area contributed by atoms with Gasteiger partial charge in [-0.15, -0.1) is 0 Å². The number of hydrogen-bond donors (Lipinski definition) is 2. The zero-order chi connectivity index (χ0) is 8.15. The predicted octanol–water partition coefficient (Wildman–Crippen LogP) is -0.638. The third-order valence-corrected chi connectivity index (χ3v) is 0.852. The standard InChI is InChI=1S/C6H11N3O/c1-4(2)9-6(10)5(8)3-7/h4-5H,8H2,1-2H3,(H,9,10)/t5-/m0/s1. The lowest BCUT2D eigenvalue weighted by atomic mass is 10.3. The highest BCUT2D eigenvalue weighted by Crippen LogP contribution is 1.79. The molecule has 0 bridgehead atoms. The second-order valence-electron chi connectivity index (χ2n) is 2.27. The molecule has 0 aliphatic heterocycles. The molecule has 0 heterocycles. The Morgan fingerprint density at radius 2 is 2.20 bits per heavy atom. The Morgan fingerprint density at radius 1 is 1.70 bits per heavy atom. The lowest BCUT2D eigenvalue weighted by Gasteiger charge is -2.08. The minimum absolute atomic E-state index is 0.0342. The van der Waals surface area contributed by atoms with Crippen LogP contribution in [0.1, 0.15) is 13.8 Å². The lowest BCUT2D eigenvalue weighted by molar-refractivity contribution is -0.121. The molecule has 10 heavy (non-hydrogen) atoms. The van der Waals surface area contributed by atoms with E-state index in [9.17, 15) is 4.79 Å². The highest BCUT2D eigenvalue weighted by atomic mass is 16.2. The monoisotopic (exact) mass is 141 g/mol. The molecule has 0 unspecified atom stereocenters. The van der Waals surface area contributed by atoms with Crippen molar-refractivity contribution < 1.29 is 4.79 Å². The van der Waals surface area contributed by atoms with E-state index in [-0.39, 0.29) is 6.04 Å². The van der Waals surface area contributed by atoms with Crippen molar-refractivity contribution in [2.75, 3.05) is 0 Å². The molecule has 0 saturated heterocycles. The highest BCUT2D eigenvalue weighted by Gasteiger charge is 2.11. The van der Waals surface area contributed by atoms with Gasteiger partial charge in [0.05, 0.1) is 6.07 Å². The average Bonchev–Trinajstić information content (AvgIpc) is 1.85. The van der Waals surface area contributed by atoms with Crippen LogP contribution in [0.15, 0.2) is 0 Å². The van der Waals surface area contributed by atoms with Gasteiger partial charge in [-0.2, -0.15) is 5.26 Å². The zero-order valence-corrected chi connectivity index (χ0v) is 6.09. The van der Waals surface area contributed by atoms with Crippen molar-refractivity contribution in [3.63, 3.8) is 0 Å². The number of hydrogen-bond acceptors (Lipinski definition) is 3. The molecule has 0 aliphatic rings.